The van der Waals surface area contributed by atoms with Crippen LogP contribution in [0.15, 0.2) is 22.7 Å². The molecule has 1 amide bonds. The summed E-state index contributed by atoms with van der Waals surface area (Å²) in [7, 11) is 0. The van der Waals surface area contributed by atoms with E-state index in [1.54, 1.807) is 12.1 Å². The SMILES string of the molecule is CC(C)NC(=O)CC(CN)Nc1ccc(F)c(Br)c1. The van der Waals surface area contributed by atoms with Gasteiger partial charge in [0.2, 0.25) is 5.91 Å². The van der Waals surface area contributed by atoms with Crippen molar-refractivity contribution in [1.29, 1.82) is 0 Å². The summed E-state index contributed by atoms with van der Waals surface area (Å²) < 4.78 is 13.5. The molecule has 1 aromatic rings. The van der Waals surface area contributed by atoms with Gasteiger partial charge in [-0.25, -0.2) is 4.39 Å². The Labute approximate surface area is 121 Å². The zero-order valence-electron chi connectivity index (χ0n) is 11.0. The molecule has 0 aliphatic rings. The zero-order valence-corrected chi connectivity index (χ0v) is 12.6. The van der Waals surface area contributed by atoms with Crippen LogP contribution in [0.3, 0.4) is 0 Å². The number of benzene rings is 1. The maximum absolute atomic E-state index is 13.1. The van der Waals surface area contributed by atoms with Crippen molar-refractivity contribution >= 4 is 27.5 Å². The van der Waals surface area contributed by atoms with Gasteiger partial charge in [-0.1, -0.05) is 0 Å². The third-order valence-corrected chi connectivity index (χ3v) is 3.06. The highest BCUT2D eigenvalue weighted by molar-refractivity contribution is 9.10. The van der Waals surface area contributed by atoms with E-state index in [9.17, 15) is 9.18 Å². The van der Waals surface area contributed by atoms with Gasteiger partial charge in [-0.15, -0.1) is 0 Å². The summed E-state index contributed by atoms with van der Waals surface area (Å²) in [5.74, 6) is -0.383. The smallest absolute Gasteiger partial charge is 0.222 e. The molecule has 0 heterocycles. The summed E-state index contributed by atoms with van der Waals surface area (Å²) in [4.78, 5) is 11.7. The van der Waals surface area contributed by atoms with Crippen LogP contribution in [0, 0.1) is 5.82 Å². The van der Waals surface area contributed by atoms with Crippen molar-refractivity contribution in [1.82, 2.24) is 5.32 Å². The number of nitrogens with one attached hydrogen (secondary N) is 2. The van der Waals surface area contributed by atoms with Crippen molar-refractivity contribution < 1.29 is 9.18 Å². The molecule has 4 nitrogen and oxygen atoms in total. The van der Waals surface area contributed by atoms with Gasteiger partial charge in [0.1, 0.15) is 5.82 Å². The van der Waals surface area contributed by atoms with Crippen molar-refractivity contribution in [2.75, 3.05) is 11.9 Å². The Hall–Kier alpha value is -1.14. The van der Waals surface area contributed by atoms with Gasteiger partial charge in [0.25, 0.3) is 0 Å². The minimum Gasteiger partial charge on any atom is -0.380 e. The summed E-state index contributed by atoms with van der Waals surface area (Å²) in [5.41, 5.74) is 6.36. The van der Waals surface area contributed by atoms with E-state index in [2.05, 4.69) is 26.6 Å². The molecule has 0 aliphatic carbocycles. The Kier molecular flexibility index (Phi) is 6.24. The van der Waals surface area contributed by atoms with E-state index in [0.29, 0.717) is 11.0 Å². The van der Waals surface area contributed by atoms with Crippen LogP contribution in [0.1, 0.15) is 20.3 Å². The number of hydrogen-bond acceptors (Lipinski definition) is 3. The largest absolute Gasteiger partial charge is 0.380 e. The van der Waals surface area contributed by atoms with E-state index in [0.717, 1.165) is 5.69 Å². The molecule has 1 atom stereocenters. The molecule has 0 saturated carbocycles. The number of anilines is 1. The Balaban J connectivity index is 2.61. The summed E-state index contributed by atoms with van der Waals surface area (Å²) in [6, 6.07) is 4.51. The second-order valence-corrected chi connectivity index (χ2v) is 5.49. The predicted octanol–water partition coefficient (Wildman–Crippen LogP) is 2.24. The fraction of sp³-hybridized carbons (Fsp3) is 0.462. The lowest BCUT2D eigenvalue weighted by molar-refractivity contribution is -0.121. The first kappa shape index (κ1) is 15.9. The van der Waals surface area contributed by atoms with Gasteiger partial charge >= 0.3 is 0 Å². The van der Waals surface area contributed by atoms with Gasteiger partial charge in [0.05, 0.1) is 4.47 Å². The highest BCUT2D eigenvalue weighted by Crippen LogP contribution is 2.20. The zero-order chi connectivity index (χ0) is 14.4. The van der Waals surface area contributed by atoms with Gasteiger partial charge in [-0.2, -0.15) is 0 Å². The number of rotatable bonds is 6. The highest BCUT2D eigenvalue weighted by atomic mass is 79.9. The quantitative estimate of drug-likeness (QED) is 0.748. The lowest BCUT2D eigenvalue weighted by Crippen LogP contribution is -2.38. The Bertz CT molecular complexity index is 440. The summed E-state index contributed by atoms with van der Waals surface area (Å²) >= 11 is 3.12. The maximum Gasteiger partial charge on any atom is 0.222 e. The van der Waals surface area contributed by atoms with Crippen LogP contribution in [-0.2, 0) is 4.79 Å². The fourth-order valence-corrected chi connectivity index (χ4v) is 2.00. The predicted molar refractivity (Wildman–Crippen MR) is 78.5 cm³/mol. The normalized spacial score (nSPS) is 12.3. The molecule has 0 fully saturated rings. The van der Waals surface area contributed by atoms with Crippen LogP contribution in [0.5, 0.6) is 0 Å². The number of carbonyl (C=O) groups excluding carboxylic acids is 1. The van der Waals surface area contributed by atoms with Crippen LogP contribution in [0.25, 0.3) is 0 Å². The minimum absolute atomic E-state index is 0.0564. The van der Waals surface area contributed by atoms with E-state index in [-0.39, 0.29) is 30.2 Å². The third kappa shape index (κ3) is 5.57. The monoisotopic (exact) mass is 331 g/mol. The molecule has 19 heavy (non-hydrogen) atoms. The lowest BCUT2D eigenvalue weighted by Gasteiger charge is -2.19. The second kappa shape index (κ2) is 7.45. The average Bonchev–Trinajstić information content (AvgIpc) is 2.32. The molecule has 0 aromatic heterocycles. The van der Waals surface area contributed by atoms with Gasteiger partial charge in [0.15, 0.2) is 0 Å². The van der Waals surface area contributed by atoms with Crippen molar-refractivity contribution in [3.05, 3.63) is 28.5 Å². The second-order valence-electron chi connectivity index (χ2n) is 4.63. The third-order valence-electron chi connectivity index (χ3n) is 2.46. The Morgan fingerprint density at radius 2 is 2.16 bits per heavy atom. The Morgan fingerprint density at radius 1 is 1.47 bits per heavy atom. The Morgan fingerprint density at radius 3 is 2.68 bits per heavy atom. The fourth-order valence-electron chi connectivity index (χ4n) is 1.62. The first-order valence-corrected chi connectivity index (χ1v) is 6.92. The van der Waals surface area contributed by atoms with E-state index in [1.807, 2.05) is 13.8 Å². The van der Waals surface area contributed by atoms with Gasteiger partial charge in [-0.3, -0.25) is 4.79 Å². The van der Waals surface area contributed by atoms with Gasteiger partial charge in [0, 0.05) is 30.7 Å². The highest BCUT2D eigenvalue weighted by Gasteiger charge is 2.13. The van der Waals surface area contributed by atoms with Crippen LogP contribution in [-0.4, -0.2) is 24.5 Å². The maximum atomic E-state index is 13.1. The molecule has 106 valence electrons. The van der Waals surface area contributed by atoms with Gasteiger partial charge in [-0.05, 0) is 48.0 Å². The van der Waals surface area contributed by atoms with E-state index < -0.39 is 0 Å². The number of hydrogen-bond donors (Lipinski definition) is 3. The summed E-state index contributed by atoms with van der Waals surface area (Å²) in [6.45, 7) is 4.13. The first-order valence-electron chi connectivity index (χ1n) is 6.13. The van der Waals surface area contributed by atoms with Crippen LogP contribution in [0.4, 0.5) is 10.1 Å². The number of amides is 1. The van der Waals surface area contributed by atoms with E-state index in [4.69, 9.17) is 5.73 Å². The van der Waals surface area contributed by atoms with Crippen LogP contribution in [0.2, 0.25) is 0 Å². The molecule has 0 saturated heterocycles. The molecule has 0 aliphatic heterocycles. The topological polar surface area (TPSA) is 67.2 Å². The molecule has 4 N–H and O–H groups in total. The van der Waals surface area contributed by atoms with Crippen molar-refractivity contribution in [3.8, 4) is 0 Å². The van der Waals surface area contributed by atoms with Crippen molar-refractivity contribution in [3.63, 3.8) is 0 Å². The van der Waals surface area contributed by atoms with Crippen molar-refractivity contribution in [2.45, 2.75) is 32.4 Å². The molecule has 1 unspecified atom stereocenters. The molecule has 0 bridgehead atoms. The van der Waals surface area contributed by atoms with E-state index >= 15 is 0 Å². The molecule has 0 spiro atoms. The van der Waals surface area contributed by atoms with E-state index in [1.165, 1.54) is 6.07 Å². The minimum atomic E-state index is -0.326. The van der Waals surface area contributed by atoms with Crippen LogP contribution >= 0.6 is 15.9 Å². The number of halogens is 2. The molecule has 6 heteroatoms. The molecule has 1 rings (SSSR count). The van der Waals surface area contributed by atoms with Crippen LogP contribution < -0.4 is 16.4 Å². The summed E-state index contributed by atoms with van der Waals surface area (Å²) in [5, 5.41) is 5.93. The standard InChI is InChI=1S/C13H19BrFN3O/c1-8(2)17-13(19)6-10(7-16)18-9-3-4-12(15)11(14)5-9/h3-5,8,10,18H,6-7,16H2,1-2H3,(H,17,19). The molecular weight excluding hydrogens is 313 g/mol. The average molecular weight is 332 g/mol. The molecule has 1 aromatic carbocycles. The van der Waals surface area contributed by atoms with Gasteiger partial charge < -0.3 is 16.4 Å². The lowest BCUT2D eigenvalue weighted by atomic mass is 10.1. The molecule has 0 radical (unpaired) electrons. The molecular formula is C13H19BrFN3O. The van der Waals surface area contributed by atoms with Crippen molar-refractivity contribution in [2.24, 2.45) is 5.73 Å². The first-order chi connectivity index (χ1) is 8.92. The number of nitrogens with two attached hydrogens (primary N) is 1. The number of carbonyl (C=O) groups is 1. The summed E-state index contributed by atoms with van der Waals surface area (Å²) in [6.07, 6.45) is 0.281.